The molecule has 0 bridgehead atoms. The lowest BCUT2D eigenvalue weighted by molar-refractivity contribution is -0.129. The van der Waals surface area contributed by atoms with Crippen molar-refractivity contribution >= 4 is 17.5 Å². The molecule has 32 heavy (non-hydrogen) atoms. The SMILES string of the molecule is CC(=O)N1CCc2cc(Cn3ccc(OCc4ccc(F)cc4F)c(Cl)c3=O)ccc2C1. The van der Waals surface area contributed by atoms with Gasteiger partial charge in [0.05, 0.1) is 6.54 Å². The summed E-state index contributed by atoms with van der Waals surface area (Å²) >= 11 is 6.21. The van der Waals surface area contributed by atoms with Gasteiger partial charge in [-0.3, -0.25) is 9.59 Å². The summed E-state index contributed by atoms with van der Waals surface area (Å²) in [5.41, 5.74) is 2.95. The highest BCUT2D eigenvalue weighted by Crippen LogP contribution is 2.23. The second-order valence-electron chi connectivity index (χ2n) is 7.75. The third kappa shape index (κ3) is 4.67. The van der Waals surface area contributed by atoms with E-state index in [0.29, 0.717) is 19.6 Å². The van der Waals surface area contributed by atoms with Crippen LogP contribution in [0, 0.1) is 11.6 Å². The molecule has 2 heterocycles. The molecule has 0 saturated heterocycles. The average Bonchev–Trinajstić information content (AvgIpc) is 2.77. The molecule has 1 amide bonds. The smallest absolute Gasteiger partial charge is 0.273 e. The topological polar surface area (TPSA) is 51.5 Å². The van der Waals surface area contributed by atoms with E-state index in [1.165, 1.54) is 16.2 Å². The number of carbonyl (C=O) groups is 1. The second kappa shape index (κ2) is 9.12. The Morgan fingerprint density at radius 2 is 1.94 bits per heavy atom. The number of carbonyl (C=O) groups excluding carboxylic acids is 1. The van der Waals surface area contributed by atoms with Gasteiger partial charge in [-0.15, -0.1) is 0 Å². The van der Waals surface area contributed by atoms with Gasteiger partial charge in [0.1, 0.15) is 29.0 Å². The first kappa shape index (κ1) is 22.0. The minimum absolute atomic E-state index is 0.0606. The Balaban J connectivity index is 1.48. The van der Waals surface area contributed by atoms with Crippen LogP contribution in [0.15, 0.2) is 53.5 Å². The van der Waals surface area contributed by atoms with Gasteiger partial charge in [-0.05, 0) is 41.3 Å². The van der Waals surface area contributed by atoms with Crippen LogP contribution in [0.4, 0.5) is 8.78 Å². The summed E-state index contributed by atoms with van der Waals surface area (Å²) in [4.78, 5) is 26.1. The van der Waals surface area contributed by atoms with Gasteiger partial charge >= 0.3 is 0 Å². The van der Waals surface area contributed by atoms with Crippen LogP contribution in [-0.2, 0) is 30.9 Å². The Morgan fingerprint density at radius 1 is 1.12 bits per heavy atom. The summed E-state index contributed by atoms with van der Waals surface area (Å²) in [6.07, 6.45) is 2.34. The predicted molar refractivity (Wildman–Crippen MR) is 117 cm³/mol. The summed E-state index contributed by atoms with van der Waals surface area (Å²) in [5, 5.41) is -0.106. The van der Waals surface area contributed by atoms with E-state index in [4.69, 9.17) is 16.3 Å². The van der Waals surface area contributed by atoms with Crippen molar-refractivity contribution in [2.45, 2.75) is 33.0 Å². The molecule has 0 saturated carbocycles. The number of ether oxygens (including phenoxy) is 1. The summed E-state index contributed by atoms with van der Waals surface area (Å²) in [7, 11) is 0. The monoisotopic (exact) mass is 458 g/mol. The number of hydrogen-bond acceptors (Lipinski definition) is 3. The van der Waals surface area contributed by atoms with Crippen LogP contribution in [0.5, 0.6) is 5.75 Å². The second-order valence-corrected chi connectivity index (χ2v) is 8.12. The van der Waals surface area contributed by atoms with E-state index in [-0.39, 0.29) is 28.8 Å². The molecule has 0 aliphatic carbocycles. The number of benzene rings is 2. The summed E-state index contributed by atoms with van der Waals surface area (Å²) in [6.45, 7) is 2.99. The maximum absolute atomic E-state index is 13.8. The van der Waals surface area contributed by atoms with Crippen LogP contribution in [-0.4, -0.2) is 21.9 Å². The van der Waals surface area contributed by atoms with E-state index in [2.05, 4.69) is 6.07 Å². The standard InChI is InChI=1S/C24H21ClF2N2O3/c1-15(30)28-8-6-17-10-16(2-3-18(17)13-28)12-29-9-7-22(23(25)24(29)31)32-14-19-4-5-20(26)11-21(19)27/h2-5,7,9-11H,6,8,12-14H2,1H3. The number of nitrogens with zero attached hydrogens (tertiary/aromatic N) is 2. The van der Waals surface area contributed by atoms with Crippen LogP contribution in [0.3, 0.4) is 0 Å². The molecule has 0 unspecified atom stereocenters. The van der Waals surface area contributed by atoms with E-state index < -0.39 is 17.2 Å². The fourth-order valence-electron chi connectivity index (χ4n) is 3.73. The summed E-state index contributed by atoms with van der Waals surface area (Å²) in [5.74, 6) is -1.21. The van der Waals surface area contributed by atoms with Crippen molar-refractivity contribution in [3.8, 4) is 5.75 Å². The predicted octanol–water partition coefficient (Wildman–Crippen LogP) is 4.31. The van der Waals surface area contributed by atoms with E-state index in [1.54, 1.807) is 19.2 Å². The van der Waals surface area contributed by atoms with Crippen molar-refractivity contribution in [1.82, 2.24) is 9.47 Å². The Bertz CT molecular complexity index is 1240. The van der Waals surface area contributed by atoms with Crippen molar-refractivity contribution in [3.05, 3.63) is 97.9 Å². The maximum atomic E-state index is 13.8. The largest absolute Gasteiger partial charge is 0.487 e. The molecule has 0 radical (unpaired) electrons. The molecule has 0 N–H and O–H groups in total. The Kier molecular flexibility index (Phi) is 6.28. The fourth-order valence-corrected chi connectivity index (χ4v) is 3.96. The van der Waals surface area contributed by atoms with E-state index in [9.17, 15) is 18.4 Å². The minimum Gasteiger partial charge on any atom is -0.487 e. The molecule has 1 aliphatic rings. The summed E-state index contributed by atoms with van der Waals surface area (Å²) in [6, 6.07) is 10.7. The van der Waals surface area contributed by atoms with Gasteiger partial charge < -0.3 is 14.2 Å². The molecule has 3 aromatic rings. The molecule has 8 heteroatoms. The van der Waals surface area contributed by atoms with Crippen molar-refractivity contribution in [1.29, 1.82) is 0 Å². The third-order valence-electron chi connectivity index (χ3n) is 5.55. The van der Waals surface area contributed by atoms with Gasteiger partial charge in [-0.2, -0.15) is 0 Å². The van der Waals surface area contributed by atoms with Crippen LogP contribution in [0.2, 0.25) is 5.02 Å². The number of pyridine rings is 1. The van der Waals surface area contributed by atoms with Gasteiger partial charge in [-0.1, -0.05) is 29.8 Å². The number of hydrogen-bond donors (Lipinski definition) is 0. The molecule has 0 atom stereocenters. The third-order valence-corrected chi connectivity index (χ3v) is 5.90. The Hall–Kier alpha value is -3.19. The molecular weight excluding hydrogens is 438 g/mol. The average molecular weight is 459 g/mol. The van der Waals surface area contributed by atoms with Gasteiger partial charge in [0.25, 0.3) is 5.56 Å². The van der Waals surface area contributed by atoms with Crippen LogP contribution >= 0.6 is 11.6 Å². The lowest BCUT2D eigenvalue weighted by atomic mass is 9.97. The van der Waals surface area contributed by atoms with Crippen molar-refractivity contribution in [2.24, 2.45) is 0 Å². The van der Waals surface area contributed by atoms with Crippen LogP contribution in [0.25, 0.3) is 0 Å². The highest BCUT2D eigenvalue weighted by molar-refractivity contribution is 6.31. The Morgan fingerprint density at radius 3 is 2.69 bits per heavy atom. The molecule has 1 aliphatic heterocycles. The number of halogens is 3. The zero-order valence-electron chi connectivity index (χ0n) is 17.4. The quantitative estimate of drug-likeness (QED) is 0.572. The highest BCUT2D eigenvalue weighted by Gasteiger charge is 2.18. The summed E-state index contributed by atoms with van der Waals surface area (Å²) < 4.78 is 33.8. The first-order valence-corrected chi connectivity index (χ1v) is 10.5. The van der Waals surface area contributed by atoms with E-state index >= 15 is 0 Å². The molecule has 2 aromatic carbocycles. The number of fused-ring (bicyclic) bond motifs is 1. The molecule has 166 valence electrons. The zero-order valence-corrected chi connectivity index (χ0v) is 18.2. The molecule has 4 rings (SSSR count). The molecular formula is C24H21ClF2N2O3. The fraction of sp³-hybridized carbons (Fsp3) is 0.250. The van der Waals surface area contributed by atoms with E-state index in [1.807, 2.05) is 17.0 Å². The lowest BCUT2D eigenvalue weighted by Crippen LogP contribution is -2.34. The van der Waals surface area contributed by atoms with E-state index in [0.717, 1.165) is 29.7 Å². The van der Waals surface area contributed by atoms with Crippen molar-refractivity contribution in [2.75, 3.05) is 6.54 Å². The zero-order chi connectivity index (χ0) is 22.8. The molecule has 0 spiro atoms. The Labute approximate surface area is 188 Å². The highest BCUT2D eigenvalue weighted by atomic mass is 35.5. The van der Waals surface area contributed by atoms with Crippen molar-refractivity contribution < 1.29 is 18.3 Å². The van der Waals surface area contributed by atoms with Gasteiger partial charge in [0, 0.05) is 37.8 Å². The van der Waals surface area contributed by atoms with Crippen LogP contribution < -0.4 is 10.3 Å². The number of amides is 1. The number of aromatic nitrogens is 1. The molecule has 1 aromatic heterocycles. The molecule has 0 fully saturated rings. The first-order valence-electron chi connectivity index (χ1n) is 10.1. The normalized spacial score (nSPS) is 13.1. The van der Waals surface area contributed by atoms with Crippen molar-refractivity contribution in [3.63, 3.8) is 0 Å². The minimum atomic E-state index is -0.728. The lowest BCUT2D eigenvalue weighted by Gasteiger charge is -2.28. The van der Waals surface area contributed by atoms with Crippen LogP contribution in [0.1, 0.15) is 29.2 Å². The maximum Gasteiger partial charge on any atom is 0.273 e. The number of rotatable bonds is 5. The molecule has 5 nitrogen and oxygen atoms in total. The van der Waals surface area contributed by atoms with Gasteiger partial charge in [0.2, 0.25) is 5.91 Å². The van der Waals surface area contributed by atoms with Gasteiger partial charge in [-0.25, -0.2) is 8.78 Å². The van der Waals surface area contributed by atoms with Gasteiger partial charge in [0.15, 0.2) is 0 Å². The first-order chi connectivity index (χ1) is 15.3.